The first-order valence-electron chi connectivity index (χ1n) is 6.90. The number of ether oxygens (including phenoxy) is 1. The minimum Gasteiger partial charge on any atom is -0.462 e. The van der Waals surface area contributed by atoms with E-state index < -0.39 is 0 Å². The zero-order chi connectivity index (χ0) is 16.3. The first kappa shape index (κ1) is 16.2. The van der Waals surface area contributed by atoms with Crippen LogP contribution < -0.4 is 0 Å². The van der Waals surface area contributed by atoms with E-state index >= 15 is 0 Å². The predicted octanol–water partition coefficient (Wildman–Crippen LogP) is 3.00. The van der Waals surface area contributed by atoms with Crippen LogP contribution in [0.4, 0.5) is 0 Å². The molecule has 1 aromatic carbocycles. The Morgan fingerprint density at radius 2 is 1.86 bits per heavy atom. The third kappa shape index (κ3) is 3.33. The monoisotopic (exact) mass is 318 g/mol. The predicted molar refractivity (Wildman–Crippen MR) is 86.3 cm³/mol. The average molecular weight is 318 g/mol. The average Bonchev–Trinajstić information content (AvgIpc) is 2.88. The number of hydrogen-bond donors (Lipinski definition) is 0. The number of esters is 1. The van der Waals surface area contributed by atoms with Gasteiger partial charge in [0.1, 0.15) is 9.88 Å². The van der Waals surface area contributed by atoms with Crippen LogP contribution in [0.1, 0.15) is 32.6 Å². The van der Waals surface area contributed by atoms with Crippen LogP contribution in [0.5, 0.6) is 0 Å². The molecule has 1 amide bonds. The van der Waals surface area contributed by atoms with Crippen molar-refractivity contribution >= 4 is 23.2 Å². The molecule has 0 bridgehead atoms. The molecule has 22 heavy (non-hydrogen) atoms. The molecule has 1 heterocycles. The number of nitrogens with zero attached hydrogens (tertiary/aromatic N) is 2. The highest BCUT2D eigenvalue weighted by atomic mass is 32.1. The molecule has 0 aliphatic carbocycles. The Morgan fingerprint density at radius 1 is 1.23 bits per heavy atom. The lowest BCUT2D eigenvalue weighted by atomic mass is 10.1. The molecular weight excluding hydrogens is 300 g/mol. The van der Waals surface area contributed by atoms with Crippen LogP contribution in [0.15, 0.2) is 24.3 Å². The largest absolute Gasteiger partial charge is 0.462 e. The molecule has 0 saturated carbocycles. The van der Waals surface area contributed by atoms with E-state index in [-0.39, 0.29) is 11.9 Å². The van der Waals surface area contributed by atoms with E-state index in [9.17, 15) is 9.59 Å². The Kier molecular flexibility index (Phi) is 4.92. The van der Waals surface area contributed by atoms with E-state index in [0.717, 1.165) is 10.6 Å². The standard InChI is InChI=1S/C16H18N2O3S/c1-5-21-16(20)12-8-6-11(7-9-12)14-17-10(2)13(22-14)15(19)18(3)4/h6-9H,5H2,1-4H3. The van der Waals surface area contributed by atoms with Crippen molar-refractivity contribution in [2.75, 3.05) is 20.7 Å². The second kappa shape index (κ2) is 6.70. The van der Waals surface area contributed by atoms with Crippen LogP contribution in [-0.4, -0.2) is 42.5 Å². The summed E-state index contributed by atoms with van der Waals surface area (Å²) in [6, 6.07) is 7.04. The van der Waals surface area contributed by atoms with Crippen molar-refractivity contribution < 1.29 is 14.3 Å². The second-order valence-electron chi connectivity index (χ2n) is 4.93. The van der Waals surface area contributed by atoms with Crippen LogP contribution >= 0.6 is 11.3 Å². The van der Waals surface area contributed by atoms with Crippen LogP contribution in [0, 0.1) is 6.92 Å². The summed E-state index contributed by atoms with van der Waals surface area (Å²) in [5.74, 6) is -0.391. The van der Waals surface area contributed by atoms with E-state index in [4.69, 9.17) is 4.74 Å². The number of rotatable bonds is 4. The Hall–Kier alpha value is -2.21. The number of carbonyl (C=O) groups is 2. The van der Waals surface area contributed by atoms with Gasteiger partial charge in [0.25, 0.3) is 5.91 Å². The Bertz CT molecular complexity index is 690. The van der Waals surface area contributed by atoms with Gasteiger partial charge in [0.15, 0.2) is 0 Å². The van der Waals surface area contributed by atoms with Crippen LogP contribution in [0.3, 0.4) is 0 Å². The lowest BCUT2D eigenvalue weighted by Crippen LogP contribution is -2.21. The minimum absolute atomic E-state index is 0.0515. The van der Waals surface area contributed by atoms with Crippen molar-refractivity contribution in [2.45, 2.75) is 13.8 Å². The summed E-state index contributed by atoms with van der Waals surface area (Å²) < 4.78 is 4.95. The number of aryl methyl sites for hydroxylation is 1. The van der Waals surface area contributed by atoms with Crippen molar-refractivity contribution in [1.29, 1.82) is 0 Å². The maximum Gasteiger partial charge on any atom is 0.338 e. The summed E-state index contributed by atoms with van der Waals surface area (Å²) in [6.45, 7) is 3.94. The van der Waals surface area contributed by atoms with Crippen LogP contribution in [-0.2, 0) is 4.74 Å². The highest BCUT2D eigenvalue weighted by Crippen LogP contribution is 2.28. The van der Waals surface area contributed by atoms with E-state index in [1.165, 1.54) is 16.2 Å². The highest BCUT2D eigenvalue weighted by Gasteiger charge is 2.17. The van der Waals surface area contributed by atoms with Gasteiger partial charge in [-0.2, -0.15) is 0 Å². The van der Waals surface area contributed by atoms with Crippen molar-refractivity contribution in [3.8, 4) is 10.6 Å². The summed E-state index contributed by atoms with van der Waals surface area (Å²) in [5.41, 5.74) is 2.09. The fourth-order valence-electron chi connectivity index (χ4n) is 1.88. The van der Waals surface area contributed by atoms with Gasteiger partial charge in [0, 0.05) is 19.7 Å². The second-order valence-corrected chi connectivity index (χ2v) is 5.93. The molecule has 116 valence electrons. The molecule has 0 aliphatic heterocycles. The van der Waals surface area contributed by atoms with Gasteiger partial charge in [-0.1, -0.05) is 12.1 Å². The molecule has 0 aliphatic rings. The topological polar surface area (TPSA) is 59.5 Å². The van der Waals surface area contributed by atoms with Crippen molar-refractivity contribution in [2.24, 2.45) is 0 Å². The third-order valence-corrected chi connectivity index (χ3v) is 4.23. The van der Waals surface area contributed by atoms with Crippen LogP contribution in [0.2, 0.25) is 0 Å². The number of aromatic nitrogens is 1. The Morgan fingerprint density at radius 3 is 2.41 bits per heavy atom. The number of thiazole rings is 1. The Balaban J connectivity index is 2.28. The normalized spacial score (nSPS) is 10.4. The van der Waals surface area contributed by atoms with Gasteiger partial charge < -0.3 is 9.64 Å². The van der Waals surface area contributed by atoms with Gasteiger partial charge in [-0.05, 0) is 26.0 Å². The van der Waals surface area contributed by atoms with Gasteiger partial charge >= 0.3 is 5.97 Å². The first-order chi connectivity index (χ1) is 10.4. The molecule has 1 aromatic heterocycles. The summed E-state index contributed by atoms with van der Waals surface area (Å²) in [6.07, 6.45) is 0. The van der Waals surface area contributed by atoms with Gasteiger partial charge in [0.2, 0.25) is 0 Å². The van der Waals surface area contributed by atoms with Crippen molar-refractivity contribution in [3.63, 3.8) is 0 Å². The fraction of sp³-hybridized carbons (Fsp3) is 0.312. The number of amides is 1. The first-order valence-corrected chi connectivity index (χ1v) is 7.72. The minimum atomic E-state index is -0.340. The van der Waals surface area contributed by atoms with Crippen molar-refractivity contribution in [3.05, 3.63) is 40.4 Å². The van der Waals surface area contributed by atoms with Crippen LogP contribution in [0.25, 0.3) is 10.6 Å². The van der Waals surface area contributed by atoms with E-state index in [0.29, 0.717) is 22.7 Å². The van der Waals surface area contributed by atoms with Gasteiger partial charge in [0.05, 0.1) is 17.9 Å². The molecule has 2 aromatic rings. The molecule has 5 nitrogen and oxygen atoms in total. The third-order valence-electron chi connectivity index (χ3n) is 3.04. The lowest BCUT2D eigenvalue weighted by molar-refractivity contribution is 0.0526. The highest BCUT2D eigenvalue weighted by molar-refractivity contribution is 7.17. The molecule has 0 atom stereocenters. The summed E-state index contributed by atoms with van der Waals surface area (Å²) >= 11 is 1.36. The van der Waals surface area contributed by atoms with Crippen molar-refractivity contribution in [1.82, 2.24) is 9.88 Å². The zero-order valence-electron chi connectivity index (χ0n) is 13.0. The molecule has 0 saturated heterocycles. The maximum atomic E-state index is 12.1. The molecule has 0 spiro atoms. The summed E-state index contributed by atoms with van der Waals surface area (Å²) in [7, 11) is 3.44. The SMILES string of the molecule is CCOC(=O)c1ccc(-c2nc(C)c(C(=O)N(C)C)s2)cc1. The van der Waals surface area contributed by atoms with Gasteiger partial charge in [-0.3, -0.25) is 4.79 Å². The summed E-state index contributed by atoms with van der Waals surface area (Å²) in [4.78, 5) is 30.3. The molecule has 2 rings (SSSR count). The smallest absolute Gasteiger partial charge is 0.338 e. The number of hydrogen-bond acceptors (Lipinski definition) is 5. The molecule has 0 N–H and O–H groups in total. The zero-order valence-corrected chi connectivity index (χ0v) is 13.9. The van der Waals surface area contributed by atoms with E-state index in [2.05, 4.69) is 4.98 Å². The fourth-order valence-corrected chi connectivity index (χ4v) is 2.98. The quantitative estimate of drug-likeness (QED) is 0.813. The van der Waals surface area contributed by atoms with Gasteiger partial charge in [-0.15, -0.1) is 11.3 Å². The Labute approximate surface area is 133 Å². The molecule has 0 fully saturated rings. The molecule has 6 heteroatoms. The maximum absolute atomic E-state index is 12.1. The van der Waals surface area contributed by atoms with E-state index in [1.807, 2.05) is 19.1 Å². The van der Waals surface area contributed by atoms with E-state index in [1.54, 1.807) is 33.2 Å². The van der Waals surface area contributed by atoms with Gasteiger partial charge in [-0.25, -0.2) is 9.78 Å². The number of carbonyl (C=O) groups excluding carboxylic acids is 2. The number of benzene rings is 1. The summed E-state index contributed by atoms with van der Waals surface area (Å²) in [5, 5.41) is 0.762. The molecular formula is C16H18N2O3S. The molecule has 0 unspecified atom stereocenters. The molecule has 0 radical (unpaired) electrons. The lowest BCUT2D eigenvalue weighted by Gasteiger charge is -2.07.